The highest BCUT2D eigenvalue weighted by Crippen LogP contribution is 2.73. The van der Waals surface area contributed by atoms with Gasteiger partial charge >= 0.3 is 0 Å². The van der Waals surface area contributed by atoms with E-state index in [4.69, 9.17) is 11.6 Å². The first-order chi connectivity index (χ1) is 8.86. The molecule has 2 nitrogen and oxygen atoms in total. The molecule has 2 saturated carbocycles. The van der Waals surface area contributed by atoms with Gasteiger partial charge in [0, 0.05) is 0 Å². The Morgan fingerprint density at radius 2 is 1.95 bits per heavy atom. The van der Waals surface area contributed by atoms with E-state index < -0.39 is 11.0 Å². The first kappa shape index (κ1) is 13.1. The highest BCUT2D eigenvalue weighted by atomic mass is 35.5. The Hall–Kier alpha value is -0.860. The number of benzene rings is 1. The fourth-order valence-corrected chi connectivity index (χ4v) is 5.14. The van der Waals surface area contributed by atoms with Crippen molar-refractivity contribution in [2.24, 2.45) is 16.7 Å². The van der Waals surface area contributed by atoms with Gasteiger partial charge in [0.15, 0.2) is 0 Å². The molecule has 0 saturated heterocycles. The third kappa shape index (κ3) is 1.34. The standard InChI is InChI=1S/C16H19ClO2/c1-14(2)12-8-9-15(14,13(17)18)16(19,10-12)11-6-4-3-5-7-11/h3-7,12,19H,8-10H2,1-2H3/t12-,15+,16?/m1/s1. The summed E-state index contributed by atoms with van der Waals surface area (Å²) in [5, 5.41) is 10.9. The first-order valence-electron chi connectivity index (χ1n) is 6.84. The van der Waals surface area contributed by atoms with Crippen molar-refractivity contribution in [3.63, 3.8) is 0 Å². The van der Waals surface area contributed by atoms with Gasteiger partial charge in [0.25, 0.3) is 0 Å². The van der Waals surface area contributed by atoms with Crippen LogP contribution in [0.25, 0.3) is 0 Å². The lowest BCUT2D eigenvalue weighted by Crippen LogP contribution is -2.51. The largest absolute Gasteiger partial charge is 0.384 e. The summed E-state index contributed by atoms with van der Waals surface area (Å²) in [6, 6.07) is 9.52. The zero-order valence-corrected chi connectivity index (χ0v) is 12.1. The number of aliphatic hydroxyl groups is 1. The number of carbonyl (C=O) groups is 1. The molecule has 19 heavy (non-hydrogen) atoms. The molecule has 0 aromatic heterocycles. The second-order valence-corrected chi connectivity index (χ2v) is 6.91. The highest BCUT2D eigenvalue weighted by Gasteiger charge is 2.74. The average Bonchev–Trinajstić information content (AvgIpc) is 2.73. The maximum absolute atomic E-state index is 12.2. The minimum Gasteiger partial charge on any atom is -0.384 e. The molecule has 1 aromatic carbocycles. The number of fused-ring (bicyclic) bond motifs is 2. The van der Waals surface area contributed by atoms with E-state index in [0.29, 0.717) is 18.8 Å². The van der Waals surface area contributed by atoms with Gasteiger partial charge in [0.1, 0.15) is 5.60 Å². The minimum atomic E-state index is -1.13. The fourth-order valence-electron chi connectivity index (χ4n) is 4.64. The molecule has 1 aromatic rings. The Kier molecular flexibility index (Phi) is 2.65. The fraction of sp³-hybridized carbons (Fsp3) is 0.562. The quantitative estimate of drug-likeness (QED) is 0.841. The zero-order valence-electron chi connectivity index (χ0n) is 11.3. The maximum Gasteiger partial charge on any atom is 0.231 e. The highest BCUT2D eigenvalue weighted by molar-refractivity contribution is 6.65. The third-order valence-corrected chi connectivity index (χ3v) is 6.15. The van der Waals surface area contributed by atoms with E-state index in [9.17, 15) is 9.90 Å². The first-order valence-corrected chi connectivity index (χ1v) is 7.22. The van der Waals surface area contributed by atoms with Crippen molar-refractivity contribution in [2.45, 2.75) is 38.7 Å². The van der Waals surface area contributed by atoms with E-state index in [-0.39, 0.29) is 10.7 Å². The Balaban J connectivity index is 2.22. The van der Waals surface area contributed by atoms with Crippen molar-refractivity contribution in [1.29, 1.82) is 0 Å². The molecule has 0 heterocycles. The molecular formula is C16H19ClO2. The smallest absolute Gasteiger partial charge is 0.231 e. The Morgan fingerprint density at radius 1 is 1.32 bits per heavy atom. The van der Waals surface area contributed by atoms with Gasteiger partial charge in [0.05, 0.1) is 5.41 Å². The molecule has 2 fully saturated rings. The van der Waals surface area contributed by atoms with Crippen molar-refractivity contribution in [3.05, 3.63) is 35.9 Å². The minimum absolute atomic E-state index is 0.254. The molecule has 2 aliphatic carbocycles. The molecule has 0 aliphatic heterocycles. The van der Waals surface area contributed by atoms with Crippen LogP contribution < -0.4 is 0 Å². The van der Waals surface area contributed by atoms with Crippen LogP contribution in [0.1, 0.15) is 38.7 Å². The van der Waals surface area contributed by atoms with Crippen LogP contribution in [0, 0.1) is 16.7 Å². The summed E-state index contributed by atoms with van der Waals surface area (Å²) in [5.74, 6) is 0.348. The molecule has 3 atom stereocenters. The van der Waals surface area contributed by atoms with Crippen LogP contribution in [-0.4, -0.2) is 10.3 Å². The molecule has 1 N–H and O–H groups in total. The van der Waals surface area contributed by atoms with Crippen LogP contribution in [0.4, 0.5) is 0 Å². The number of rotatable bonds is 2. The normalized spacial score (nSPS) is 39.5. The molecule has 3 heteroatoms. The Labute approximate surface area is 118 Å². The summed E-state index contributed by atoms with van der Waals surface area (Å²) in [4.78, 5) is 12.2. The Morgan fingerprint density at radius 3 is 2.47 bits per heavy atom. The number of halogens is 1. The lowest BCUT2D eigenvalue weighted by Gasteiger charge is -2.45. The number of hydrogen-bond donors (Lipinski definition) is 1. The monoisotopic (exact) mass is 278 g/mol. The zero-order chi connectivity index (χ0) is 13.9. The molecule has 3 rings (SSSR count). The average molecular weight is 279 g/mol. The molecule has 0 amide bonds. The van der Waals surface area contributed by atoms with E-state index in [1.165, 1.54) is 0 Å². The summed E-state index contributed by atoms with van der Waals surface area (Å²) in [7, 11) is 0. The lowest BCUT2D eigenvalue weighted by molar-refractivity contribution is -0.148. The summed E-state index contributed by atoms with van der Waals surface area (Å²) < 4.78 is 0. The van der Waals surface area contributed by atoms with E-state index >= 15 is 0 Å². The van der Waals surface area contributed by atoms with Gasteiger partial charge in [-0.05, 0) is 47.8 Å². The predicted molar refractivity (Wildman–Crippen MR) is 74.8 cm³/mol. The van der Waals surface area contributed by atoms with Crippen LogP contribution in [0.3, 0.4) is 0 Å². The summed E-state index contributed by atoms with van der Waals surface area (Å²) in [6.07, 6.45) is 2.28. The predicted octanol–water partition coefficient (Wildman–Crippen LogP) is 3.47. The topological polar surface area (TPSA) is 37.3 Å². The van der Waals surface area contributed by atoms with Crippen LogP contribution in [0.5, 0.6) is 0 Å². The molecule has 102 valence electrons. The van der Waals surface area contributed by atoms with Gasteiger partial charge in [-0.1, -0.05) is 44.2 Å². The third-order valence-electron chi connectivity index (χ3n) is 5.82. The van der Waals surface area contributed by atoms with Crippen LogP contribution in [0.15, 0.2) is 30.3 Å². The summed E-state index contributed by atoms with van der Waals surface area (Å²) >= 11 is 5.99. The van der Waals surface area contributed by atoms with Gasteiger partial charge in [0.2, 0.25) is 5.24 Å². The van der Waals surface area contributed by atoms with Gasteiger partial charge < -0.3 is 5.11 Å². The van der Waals surface area contributed by atoms with Crippen molar-refractivity contribution >= 4 is 16.8 Å². The molecule has 1 unspecified atom stereocenters. The Bertz CT molecular complexity index is 525. The van der Waals surface area contributed by atoms with Crippen molar-refractivity contribution < 1.29 is 9.90 Å². The summed E-state index contributed by atoms with van der Waals surface area (Å²) in [5.41, 5.74) is -1.41. The molecule has 2 aliphatic rings. The lowest BCUT2D eigenvalue weighted by atomic mass is 9.62. The van der Waals surface area contributed by atoms with E-state index in [1.54, 1.807) is 0 Å². The summed E-state index contributed by atoms with van der Waals surface area (Å²) in [6.45, 7) is 4.15. The number of carbonyl (C=O) groups excluding carboxylic acids is 1. The van der Waals surface area contributed by atoms with Crippen molar-refractivity contribution in [2.75, 3.05) is 0 Å². The van der Waals surface area contributed by atoms with Gasteiger partial charge in [-0.15, -0.1) is 0 Å². The van der Waals surface area contributed by atoms with Crippen LogP contribution in [-0.2, 0) is 10.4 Å². The molecule has 0 radical (unpaired) electrons. The second-order valence-electron chi connectivity index (χ2n) is 6.57. The maximum atomic E-state index is 12.2. The number of hydrogen-bond acceptors (Lipinski definition) is 2. The van der Waals surface area contributed by atoms with Gasteiger partial charge in [-0.25, -0.2) is 0 Å². The van der Waals surface area contributed by atoms with Gasteiger partial charge in [-0.2, -0.15) is 0 Å². The molecule has 2 bridgehead atoms. The van der Waals surface area contributed by atoms with Crippen LogP contribution >= 0.6 is 11.6 Å². The van der Waals surface area contributed by atoms with E-state index in [1.807, 2.05) is 30.3 Å². The van der Waals surface area contributed by atoms with Crippen LogP contribution in [0.2, 0.25) is 0 Å². The SMILES string of the molecule is CC1(C)[C@@H]2CC[C@@]1(C(=O)Cl)C(O)(c1ccccc1)C2. The van der Waals surface area contributed by atoms with Gasteiger partial charge in [-0.3, -0.25) is 4.79 Å². The van der Waals surface area contributed by atoms with Crippen molar-refractivity contribution in [1.82, 2.24) is 0 Å². The second kappa shape index (κ2) is 3.83. The van der Waals surface area contributed by atoms with E-state index in [2.05, 4.69) is 13.8 Å². The van der Waals surface area contributed by atoms with Crippen molar-refractivity contribution in [3.8, 4) is 0 Å². The van der Waals surface area contributed by atoms with E-state index in [0.717, 1.165) is 12.0 Å². The molecule has 0 spiro atoms. The molecular weight excluding hydrogens is 260 g/mol.